The van der Waals surface area contributed by atoms with Crippen molar-refractivity contribution in [2.75, 3.05) is 66.1 Å². The summed E-state index contributed by atoms with van der Waals surface area (Å²) in [6.07, 6.45) is -0.808. The van der Waals surface area contributed by atoms with Crippen LogP contribution in [0.3, 0.4) is 0 Å². The number of hydrogen-bond acceptors (Lipinski definition) is 8. The van der Waals surface area contributed by atoms with Crippen molar-refractivity contribution in [1.29, 1.82) is 0 Å². The molecule has 156 valence electrons. The van der Waals surface area contributed by atoms with Gasteiger partial charge in [-0.2, -0.15) is 0 Å². The monoisotopic (exact) mass is 380 g/mol. The first-order chi connectivity index (χ1) is 12.7. The molecule has 0 aliphatic carbocycles. The van der Waals surface area contributed by atoms with Gasteiger partial charge in [-0.25, -0.2) is 0 Å². The molecule has 8 nitrogen and oxygen atoms in total. The average molecular weight is 380 g/mol. The smallest absolute Gasteiger partial charge is 0.181 e. The molecule has 0 N–H and O–H groups in total. The van der Waals surface area contributed by atoms with Crippen molar-refractivity contribution in [1.82, 2.24) is 0 Å². The number of epoxide rings is 1. The van der Waals surface area contributed by atoms with Crippen LogP contribution < -0.4 is 0 Å². The molecule has 3 unspecified atom stereocenters. The third-order valence-corrected chi connectivity index (χ3v) is 3.46. The van der Waals surface area contributed by atoms with E-state index in [1.54, 1.807) is 0 Å². The first-order valence-electron chi connectivity index (χ1n) is 9.58. The van der Waals surface area contributed by atoms with Crippen LogP contribution in [0.4, 0.5) is 0 Å². The van der Waals surface area contributed by atoms with E-state index in [9.17, 15) is 0 Å². The molecule has 0 radical (unpaired) electrons. The molecule has 8 heteroatoms. The Morgan fingerprint density at radius 2 is 1.27 bits per heavy atom. The average Bonchev–Trinajstić information content (AvgIpc) is 3.46. The highest BCUT2D eigenvalue weighted by molar-refractivity contribution is 4.69. The predicted octanol–water partition coefficient (Wildman–Crippen LogP) is 1.60. The van der Waals surface area contributed by atoms with Gasteiger partial charge in [0.15, 0.2) is 12.6 Å². The fourth-order valence-electron chi connectivity index (χ4n) is 2.13. The van der Waals surface area contributed by atoms with E-state index in [2.05, 4.69) is 0 Å². The second-order valence-electron chi connectivity index (χ2n) is 5.67. The quantitative estimate of drug-likeness (QED) is 0.247. The second-order valence-corrected chi connectivity index (χ2v) is 5.67. The Balaban J connectivity index is 2.29. The Labute approximate surface area is 157 Å². The third-order valence-electron chi connectivity index (χ3n) is 3.46. The van der Waals surface area contributed by atoms with Crippen LogP contribution in [-0.4, -0.2) is 90.9 Å². The van der Waals surface area contributed by atoms with Gasteiger partial charge in [-0.3, -0.25) is 0 Å². The minimum absolute atomic E-state index is 0.138. The lowest BCUT2D eigenvalue weighted by atomic mass is 10.4. The summed E-state index contributed by atoms with van der Waals surface area (Å²) in [6.45, 7) is 12.8. The van der Waals surface area contributed by atoms with E-state index < -0.39 is 12.6 Å². The van der Waals surface area contributed by atoms with Gasteiger partial charge in [0.1, 0.15) is 18.8 Å². The van der Waals surface area contributed by atoms with E-state index >= 15 is 0 Å². The largest absolute Gasteiger partial charge is 0.379 e. The molecule has 3 atom stereocenters. The summed E-state index contributed by atoms with van der Waals surface area (Å²) < 4.78 is 44.4. The van der Waals surface area contributed by atoms with Crippen LogP contribution in [0.15, 0.2) is 0 Å². The van der Waals surface area contributed by atoms with Gasteiger partial charge in [0.05, 0.1) is 33.0 Å². The summed E-state index contributed by atoms with van der Waals surface area (Å²) in [5.41, 5.74) is 0. The number of ether oxygens (including phenoxy) is 8. The van der Waals surface area contributed by atoms with Crippen LogP contribution in [0.25, 0.3) is 0 Å². The molecule has 1 heterocycles. The molecule has 0 aromatic carbocycles. The van der Waals surface area contributed by atoms with E-state index in [-0.39, 0.29) is 18.8 Å². The lowest BCUT2D eigenvalue weighted by Gasteiger charge is -2.23. The maximum absolute atomic E-state index is 5.78. The Bertz CT molecular complexity index is 308. The minimum atomic E-state index is -0.483. The van der Waals surface area contributed by atoms with Crippen LogP contribution in [0.1, 0.15) is 27.7 Å². The molecule has 0 bridgehead atoms. The van der Waals surface area contributed by atoms with Crippen LogP contribution in [-0.2, 0) is 37.9 Å². The first kappa shape index (κ1) is 23.7. The van der Waals surface area contributed by atoms with Crippen LogP contribution in [0.5, 0.6) is 0 Å². The van der Waals surface area contributed by atoms with E-state index in [4.69, 9.17) is 37.9 Å². The molecule has 1 aliphatic heterocycles. The zero-order valence-electron chi connectivity index (χ0n) is 16.6. The van der Waals surface area contributed by atoms with Crippen molar-refractivity contribution < 1.29 is 37.9 Å². The van der Waals surface area contributed by atoms with Crippen molar-refractivity contribution in [3.63, 3.8) is 0 Å². The van der Waals surface area contributed by atoms with Gasteiger partial charge < -0.3 is 37.9 Å². The molecular weight excluding hydrogens is 344 g/mol. The number of rotatable bonds is 19. The van der Waals surface area contributed by atoms with Crippen molar-refractivity contribution >= 4 is 0 Å². The zero-order valence-corrected chi connectivity index (χ0v) is 16.6. The third kappa shape index (κ3) is 12.1. The lowest BCUT2D eigenvalue weighted by Crippen LogP contribution is -2.33. The Morgan fingerprint density at radius 3 is 1.81 bits per heavy atom. The van der Waals surface area contributed by atoms with E-state index in [1.807, 2.05) is 27.7 Å². The summed E-state index contributed by atoms with van der Waals surface area (Å²) in [4.78, 5) is 0. The predicted molar refractivity (Wildman–Crippen MR) is 95.2 cm³/mol. The SMILES string of the molecule is CCOCC(COCC(OCC)OCC(OCC)OCC)OCC1CO1. The van der Waals surface area contributed by atoms with E-state index in [1.165, 1.54) is 0 Å². The fraction of sp³-hybridized carbons (Fsp3) is 1.00. The van der Waals surface area contributed by atoms with Gasteiger partial charge >= 0.3 is 0 Å². The maximum atomic E-state index is 5.78. The Morgan fingerprint density at radius 1 is 0.692 bits per heavy atom. The van der Waals surface area contributed by atoms with Gasteiger partial charge in [-0.05, 0) is 27.7 Å². The lowest BCUT2D eigenvalue weighted by molar-refractivity contribution is -0.229. The molecule has 1 aliphatic rings. The van der Waals surface area contributed by atoms with Crippen molar-refractivity contribution in [3.8, 4) is 0 Å². The summed E-state index contributed by atoms with van der Waals surface area (Å²) in [6, 6.07) is 0. The molecule has 0 aromatic rings. The molecule has 1 fully saturated rings. The molecule has 0 aromatic heterocycles. The van der Waals surface area contributed by atoms with Gasteiger partial charge in [0, 0.05) is 26.4 Å². The summed E-state index contributed by atoms with van der Waals surface area (Å²) >= 11 is 0. The van der Waals surface area contributed by atoms with Crippen molar-refractivity contribution in [2.45, 2.75) is 52.5 Å². The van der Waals surface area contributed by atoms with Crippen LogP contribution in [0, 0.1) is 0 Å². The summed E-state index contributed by atoms with van der Waals surface area (Å²) in [5.74, 6) is 0. The summed E-state index contributed by atoms with van der Waals surface area (Å²) in [7, 11) is 0. The molecular formula is C18H36O8. The van der Waals surface area contributed by atoms with Crippen molar-refractivity contribution in [2.24, 2.45) is 0 Å². The topological polar surface area (TPSA) is 77.1 Å². The zero-order chi connectivity index (χ0) is 19.0. The van der Waals surface area contributed by atoms with E-state index in [0.29, 0.717) is 52.9 Å². The molecule has 0 amide bonds. The standard InChI is InChI=1S/C18H36O8/c1-5-19-9-15(24-11-16-12-25-16)10-20-13-17(21-6-2)26-14-18(22-7-3)23-8-4/h15-18H,5-14H2,1-4H3. The van der Waals surface area contributed by atoms with Gasteiger partial charge in [0.25, 0.3) is 0 Å². The second kappa shape index (κ2) is 15.7. The maximum Gasteiger partial charge on any atom is 0.181 e. The number of hydrogen-bond donors (Lipinski definition) is 0. The highest BCUT2D eigenvalue weighted by Crippen LogP contribution is 2.11. The van der Waals surface area contributed by atoms with Gasteiger partial charge in [-0.1, -0.05) is 0 Å². The fourth-order valence-corrected chi connectivity index (χ4v) is 2.13. The highest BCUT2D eigenvalue weighted by Gasteiger charge is 2.24. The highest BCUT2D eigenvalue weighted by atomic mass is 16.7. The molecule has 1 saturated heterocycles. The normalized spacial score (nSPS) is 19.0. The summed E-state index contributed by atoms with van der Waals surface area (Å²) in [5, 5.41) is 0. The minimum Gasteiger partial charge on any atom is -0.379 e. The van der Waals surface area contributed by atoms with E-state index in [0.717, 1.165) is 6.61 Å². The first-order valence-corrected chi connectivity index (χ1v) is 9.58. The Hall–Kier alpha value is -0.320. The van der Waals surface area contributed by atoms with Crippen LogP contribution in [0.2, 0.25) is 0 Å². The van der Waals surface area contributed by atoms with Crippen LogP contribution >= 0.6 is 0 Å². The van der Waals surface area contributed by atoms with Gasteiger partial charge in [-0.15, -0.1) is 0 Å². The molecule has 0 spiro atoms. The van der Waals surface area contributed by atoms with Crippen molar-refractivity contribution in [3.05, 3.63) is 0 Å². The molecule has 26 heavy (non-hydrogen) atoms. The molecule has 0 saturated carbocycles. The van der Waals surface area contributed by atoms with Gasteiger partial charge in [0.2, 0.25) is 0 Å². The molecule has 1 rings (SSSR count). The Kier molecular flexibility index (Phi) is 14.3.